The molecule has 3 aromatic carbocycles. The highest BCUT2D eigenvalue weighted by molar-refractivity contribution is 5.89. The Balaban J connectivity index is 1.62. The second-order valence-electron chi connectivity index (χ2n) is 10.8. The van der Waals surface area contributed by atoms with Crippen molar-refractivity contribution in [2.75, 3.05) is 0 Å². The minimum atomic E-state index is -2.63. The van der Waals surface area contributed by atoms with Gasteiger partial charge in [-0.15, -0.1) is 0 Å². The molecule has 0 spiro atoms. The molecule has 3 aromatic rings. The van der Waals surface area contributed by atoms with Gasteiger partial charge in [0.25, 0.3) is 0 Å². The largest absolute Gasteiger partial charge is 0.504 e. The molecule has 2 unspecified atom stereocenters. The van der Waals surface area contributed by atoms with Crippen LogP contribution in [0.1, 0.15) is 29.5 Å². The van der Waals surface area contributed by atoms with Crippen molar-refractivity contribution in [3.63, 3.8) is 0 Å². The van der Waals surface area contributed by atoms with Crippen molar-refractivity contribution in [3.8, 4) is 34.5 Å². The maximum Gasteiger partial charge on any atom is 0.335 e. The number of hydrogen-bond donors (Lipinski definition) is 8. The van der Waals surface area contributed by atoms with Gasteiger partial charge in [0.1, 0.15) is 12.2 Å². The van der Waals surface area contributed by atoms with Gasteiger partial charge in [0.2, 0.25) is 0 Å². The fraction of sp³-hybridized carbons (Fsp3) is 0.176. The Labute approximate surface area is 277 Å². The van der Waals surface area contributed by atoms with Crippen LogP contribution in [0.25, 0.3) is 18.2 Å². The first-order valence-corrected chi connectivity index (χ1v) is 14.3. The summed E-state index contributed by atoms with van der Waals surface area (Å²) in [4.78, 5) is 50.8. The monoisotopic (exact) mass is 678 g/mol. The summed E-state index contributed by atoms with van der Waals surface area (Å²) in [7, 11) is 0. The van der Waals surface area contributed by atoms with E-state index < -0.39 is 95.1 Å². The highest BCUT2D eigenvalue weighted by Crippen LogP contribution is 2.36. The molecule has 0 amide bonds. The number of carboxylic acid groups (broad SMARTS) is 1. The van der Waals surface area contributed by atoms with E-state index in [1.54, 1.807) is 0 Å². The van der Waals surface area contributed by atoms with Crippen molar-refractivity contribution in [1.82, 2.24) is 0 Å². The van der Waals surface area contributed by atoms with Gasteiger partial charge >= 0.3 is 23.9 Å². The minimum absolute atomic E-state index is 0.256. The highest BCUT2D eigenvalue weighted by Gasteiger charge is 2.54. The molecule has 0 saturated heterocycles. The molecule has 0 aromatic heterocycles. The van der Waals surface area contributed by atoms with Crippen molar-refractivity contribution < 1.29 is 74.2 Å². The first-order chi connectivity index (χ1) is 23.1. The average Bonchev–Trinajstić information content (AvgIpc) is 3.04. The molecule has 8 N–H and O–H groups in total. The van der Waals surface area contributed by atoms with E-state index in [9.17, 15) is 60.0 Å². The smallest absolute Gasteiger partial charge is 0.335 e. The van der Waals surface area contributed by atoms with E-state index in [-0.39, 0.29) is 16.7 Å². The number of ether oxygens (including phenoxy) is 3. The normalized spacial score (nSPS) is 20.7. The summed E-state index contributed by atoms with van der Waals surface area (Å²) in [5.41, 5.74) is -1.85. The maximum absolute atomic E-state index is 12.9. The summed E-state index contributed by atoms with van der Waals surface area (Å²) in [5, 5.41) is 78.4. The quantitative estimate of drug-likeness (QED) is 0.0664. The number of aliphatic hydroxyl groups is 1. The third-order valence-electron chi connectivity index (χ3n) is 7.23. The van der Waals surface area contributed by atoms with Crippen LogP contribution in [0.5, 0.6) is 34.5 Å². The highest BCUT2D eigenvalue weighted by atomic mass is 16.6. The van der Waals surface area contributed by atoms with Gasteiger partial charge in [0.05, 0.1) is 0 Å². The lowest BCUT2D eigenvalue weighted by molar-refractivity contribution is -0.211. The molecule has 0 bridgehead atoms. The van der Waals surface area contributed by atoms with Crippen LogP contribution in [0.3, 0.4) is 0 Å². The summed E-state index contributed by atoms with van der Waals surface area (Å²) in [6.45, 7) is 0. The molecule has 0 aliphatic heterocycles. The van der Waals surface area contributed by atoms with Crippen molar-refractivity contribution >= 4 is 42.1 Å². The Bertz CT molecular complexity index is 1760. The first kappa shape index (κ1) is 35.4. The predicted molar refractivity (Wildman–Crippen MR) is 168 cm³/mol. The second-order valence-corrected chi connectivity index (χ2v) is 10.8. The number of carbonyl (C=O) groups is 4. The lowest BCUT2D eigenvalue weighted by Gasteiger charge is -2.41. The van der Waals surface area contributed by atoms with Gasteiger partial charge in [0.15, 0.2) is 46.2 Å². The number of aliphatic carboxylic acids is 1. The maximum atomic E-state index is 12.9. The number of rotatable bonds is 10. The predicted octanol–water partition coefficient (Wildman–Crippen LogP) is 2.71. The summed E-state index contributed by atoms with van der Waals surface area (Å²) in [5.74, 6) is -7.71. The molecule has 15 nitrogen and oxygen atoms in total. The Morgan fingerprint density at radius 2 is 0.878 bits per heavy atom. The average molecular weight is 679 g/mol. The number of phenolic OH excluding ortho intramolecular Hbond substituents is 6. The molecule has 1 aliphatic carbocycles. The van der Waals surface area contributed by atoms with Crippen LogP contribution >= 0.6 is 0 Å². The number of esters is 3. The molecule has 1 saturated carbocycles. The summed E-state index contributed by atoms with van der Waals surface area (Å²) < 4.78 is 16.3. The number of hydrogen-bond acceptors (Lipinski definition) is 14. The van der Waals surface area contributed by atoms with E-state index >= 15 is 0 Å². The van der Waals surface area contributed by atoms with E-state index in [4.69, 9.17) is 14.2 Å². The van der Waals surface area contributed by atoms with E-state index in [0.717, 1.165) is 48.6 Å². The molecular formula is C34H30O15. The van der Waals surface area contributed by atoms with Gasteiger partial charge in [0, 0.05) is 31.1 Å². The Morgan fingerprint density at radius 3 is 1.18 bits per heavy atom. The lowest BCUT2D eigenvalue weighted by Crippen LogP contribution is -2.59. The second kappa shape index (κ2) is 15.0. The molecular weight excluding hydrogens is 648 g/mol. The molecule has 1 aliphatic rings. The molecule has 49 heavy (non-hydrogen) atoms. The van der Waals surface area contributed by atoms with Gasteiger partial charge in [-0.25, -0.2) is 19.2 Å². The molecule has 0 heterocycles. The van der Waals surface area contributed by atoms with Gasteiger partial charge in [-0.1, -0.05) is 18.2 Å². The SMILES string of the molecule is O=C(/C=C/c1ccc(O)c(O)c1)OC1CC(O)(C(=O)O)CC(OC(=O)/C=C/c2ccc(O)c(O)c2)C1OC(=O)/C=C/c1ccc(O)c(O)c1. The van der Waals surface area contributed by atoms with Gasteiger partial charge in [-0.3, -0.25) is 0 Å². The van der Waals surface area contributed by atoms with Gasteiger partial charge < -0.3 is 55.1 Å². The van der Waals surface area contributed by atoms with E-state index in [1.807, 2.05) is 0 Å². The van der Waals surface area contributed by atoms with Crippen LogP contribution in [-0.2, 0) is 33.4 Å². The summed E-state index contributed by atoms with van der Waals surface area (Å²) in [6, 6.07) is 11.0. The standard InChI is InChI=1S/C34H30O15/c35-21-7-1-18(13-24(21)38)4-10-29(41)47-27-16-34(46,33(44)45)17-28(48-30(42)11-5-19-2-8-22(36)25(39)14-19)32(27)49-31(43)12-6-20-3-9-23(37)26(40)15-20/h1-15,27-28,32,35-40,46H,16-17H2,(H,44,45)/b10-4+,11-5+,12-6+. The molecule has 0 radical (unpaired) electrons. The van der Waals surface area contributed by atoms with Crippen LogP contribution in [0.2, 0.25) is 0 Å². The van der Waals surface area contributed by atoms with Crippen LogP contribution in [0.15, 0.2) is 72.8 Å². The third kappa shape index (κ3) is 9.30. The lowest BCUT2D eigenvalue weighted by atomic mass is 9.79. The number of aromatic hydroxyl groups is 6. The van der Waals surface area contributed by atoms with Gasteiger partial charge in [-0.05, 0) is 71.3 Å². The Hall–Kier alpha value is -6.48. The van der Waals surface area contributed by atoms with Crippen LogP contribution in [-0.4, -0.2) is 88.6 Å². The Morgan fingerprint density at radius 1 is 0.551 bits per heavy atom. The Kier molecular flexibility index (Phi) is 10.8. The zero-order valence-electron chi connectivity index (χ0n) is 25.2. The number of benzene rings is 3. The van der Waals surface area contributed by atoms with E-state index in [1.165, 1.54) is 42.5 Å². The molecule has 1 fully saturated rings. The van der Waals surface area contributed by atoms with Crippen LogP contribution < -0.4 is 0 Å². The van der Waals surface area contributed by atoms with Crippen molar-refractivity contribution in [3.05, 3.63) is 89.5 Å². The number of phenols is 6. The third-order valence-corrected chi connectivity index (χ3v) is 7.23. The minimum Gasteiger partial charge on any atom is -0.504 e. The molecule has 4 rings (SSSR count). The fourth-order valence-electron chi connectivity index (χ4n) is 4.74. The van der Waals surface area contributed by atoms with Gasteiger partial charge in [-0.2, -0.15) is 0 Å². The topological polar surface area (TPSA) is 258 Å². The van der Waals surface area contributed by atoms with Crippen LogP contribution in [0, 0.1) is 0 Å². The van der Waals surface area contributed by atoms with Crippen molar-refractivity contribution in [2.45, 2.75) is 36.8 Å². The fourth-order valence-corrected chi connectivity index (χ4v) is 4.74. The van der Waals surface area contributed by atoms with Crippen molar-refractivity contribution in [1.29, 1.82) is 0 Å². The number of carboxylic acids is 1. The molecule has 2 atom stereocenters. The summed E-state index contributed by atoms with van der Waals surface area (Å²) in [6.07, 6.45) is -0.436. The summed E-state index contributed by atoms with van der Waals surface area (Å²) >= 11 is 0. The zero-order valence-corrected chi connectivity index (χ0v) is 25.2. The number of carbonyl (C=O) groups excluding carboxylic acids is 3. The first-order valence-electron chi connectivity index (χ1n) is 14.3. The van der Waals surface area contributed by atoms with Crippen molar-refractivity contribution in [2.24, 2.45) is 0 Å². The zero-order chi connectivity index (χ0) is 35.9. The van der Waals surface area contributed by atoms with E-state index in [0.29, 0.717) is 0 Å². The molecule has 256 valence electrons. The van der Waals surface area contributed by atoms with E-state index in [2.05, 4.69) is 0 Å². The van der Waals surface area contributed by atoms with Crippen LogP contribution in [0.4, 0.5) is 0 Å². The molecule has 15 heteroatoms.